The predicted octanol–water partition coefficient (Wildman–Crippen LogP) is 1.67. The maximum Gasteiger partial charge on any atom is 0.340 e. The van der Waals surface area contributed by atoms with Gasteiger partial charge in [0, 0.05) is 13.1 Å². The van der Waals surface area contributed by atoms with Crippen LogP contribution in [0.4, 0.5) is 5.69 Å². The van der Waals surface area contributed by atoms with Crippen molar-refractivity contribution in [1.82, 2.24) is 4.90 Å². The molecule has 1 aromatic carbocycles. The number of benzene rings is 1. The van der Waals surface area contributed by atoms with Crippen LogP contribution in [0.3, 0.4) is 0 Å². The van der Waals surface area contributed by atoms with Gasteiger partial charge in [-0.2, -0.15) is 0 Å². The van der Waals surface area contributed by atoms with E-state index in [1.807, 2.05) is 0 Å². The third-order valence-electron chi connectivity index (χ3n) is 2.92. The second kappa shape index (κ2) is 8.04. The largest absolute Gasteiger partial charge is 0.462 e. The van der Waals surface area contributed by atoms with Gasteiger partial charge in [0.2, 0.25) is 0 Å². The van der Waals surface area contributed by atoms with Gasteiger partial charge in [0.05, 0.1) is 17.9 Å². The summed E-state index contributed by atoms with van der Waals surface area (Å²) in [6, 6.07) is 6.42. The van der Waals surface area contributed by atoms with Gasteiger partial charge in [0.25, 0.3) is 0 Å². The Kier molecular flexibility index (Phi) is 6.39. The Bertz CT molecular complexity index is 524. The molecule has 0 aliphatic rings. The Balaban J connectivity index is 2.90. The molecule has 6 nitrogen and oxygen atoms in total. The monoisotopic (exact) mass is 292 g/mol. The Hall–Kier alpha value is -2.37. The first-order chi connectivity index (χ1) is 10.0. The molecular weight excluding hydrogens is 272 g/mol. The van der Waals surface area contributed by atoms with Crippen molar-refractivity contribution in [1.29, 1.82) is 0 Å². The van der Waals surface area contributed by atoms with E-state index in [9.17, 15) is 14.4 Å². The molecule has 0 heterocycles. The highest BCUT2D eigenvalue weighted by atomic mass is 16.5. The van der Waals surface area contributed by atoms with Crippen LogP contribution in [0.2, 0.25) is 0 Å². The molecule has 1 rings (SSSR count). The van der Waals surface area contributed by atoms with Gasteiger partial charge in [0.15, 0.2) is 0 Å². The first kappa shape index (κ1) is 16.7. The van der Waals surface area contributed by atoms with E-state index in [1.165, 1.54) is 11.0 Å². The van der Waals surface area contributed by atoms with Gasteiger partial charge in [-0.25, -0.2) is 4.79 Å². The third-order valence-corrected chi connectivity index (χ3v) is 2.92. The number of hydrogen-bond acceptors (Lipinski definition) is 4. The van der Waals surface area contributed by atoms with Crippen LogP contribution < -0.4 is 5.32 Å². The number of hydrogen-bond donors (Lipinski definition) is 1. The summed E-state index contributed by atoms with van der Waals surface area (Å²) in [6.45, 7) is 6.41. The maximum atomic E-state index is 11.9. The molecule has 0 unspecified atom stereocenters. The van der Waals surface area contributed by atoms with Crippen LogP contribution in [0.5, 0.6) is 0 Å². The van der Waals surface area contributed by atoms with Gasteiger partial charge in [-0.1, -0.05) is 12.1 Å². The molecule has 6 heteroatoms. The number of para-hydroxylation sites is 1. The van der Waals surface area contributed by atoms with Gasteiger partial charge in [-0.15, -0.1) is 0 Å². The molecule has 114 valence electrons. The highest BCUT2D eigenvalue weighted by Crippen LogP contribution is 2.16. The van der Waals surface area contributed by atoms with Gasteiger partial charge in [0.1, 0.15) is 0 Å². The molecule has 0 saturated carbocycles. The lowest BCUT2D eigenvalue weighted by Crippen LogP contribution is -2.39. The SMILES string of the molecule is CCOC(=O)c1ccccc1NC(=O)C(=O)N(CC)CC. The quantitative estimate of drug-likeness (QED) is 0.661. The second-order valence-electron chi connectivity index (χ2n) is 4.20. The molecule has 21 heavy (non-hydrogen) atoms. The van der Waals surface area contributed by atoms with Crippen LogP contribution in [-0.2, 0) is 14.3 Å². The fourth-order valence-electron chi connectivity index (χ4n) is 1.81. The predicted molar refractivity (Wildman–Crippen MR) is 79.0 cm³/mol. The number of nitrogens with zero attached hydrogens (tertiary/aromatic N) is 1. The van der Waals surface area contributed by atoms with Crippen molar-refractivity contribution < 1.29 is 19.1 Å². The number of carbonyl (C=O) groups is 3. The summed E-state index contributed by atoms with van der Waals surface area (Å²) < 4.78 is 4.91. The Morgan fingerprint density at radius 2 is 1.71 bits per heavy atom. The van der Waals surface area contributed by atoms with Gasteiger partial charge >= 0.3 is 17.8 Å². The van der Waals surface area contributed by atoms with Crippen molar-refractivity contribution in [3.8, 4) is 0 Å². The summed E-state index contributed by atoms with van der Waals surface area (Å²) in [6.07, 6.45) is 0. The summed E-state index contributed by atoms with van der Waals surface area (Å²) in [5.74, 6) is -1.93. The number of nitrogens with one attached hydrogen (secondary N) is 1. The molecule has 0 aromatic heterocycles. The number of rotatable bonds is 5. The summed E-state index contributed by atoms with van der Waals surface area (Å²) >= 11 is 0. The molecule has 0 aliphatic carbocycles. The summed E-state index contributed by atoms with van der Waals surface area (Å²) in [4.78, 5) is 37.1. The van der Waals surface area contributed by atoms with E-state index in [0.717, 1.165) is 0 Å². The van der Waals surface area contributed by atoms with E-state index in [1.54, 1.807) is 39.0 Å². The molecule has 1 aromatic rings. The summed E-state index contributed by atoms with van der Waals surface area (Å²) in [5, 5.41) is 2.47. The minimum Gasteiger partial charge on any atom is -0.462 e. The number of carbonyl (C=O) groups excluding carboxylic acids is 3. The molecule has 0 atom stereocenters. The van der Waals surface area contributed by atoms with Crippen LogP contribution in [0.1, 0.15) is 31.1 Å². The number of esters is 1. The number of likely N-dealkylation sites (N-methyl/N-ethyl adjacent to an activating group) is 1. The summed E-state index contributed by atoms with van der Waals surface area (Å²) in [7, 11) is 0. The first-order valence-electron chi connectivity index (χ1n) is 6.91. The van der Waals surface area contributed by atoms with E-state index >= 15 is 0 Å². The number of ether oxygens (including phenoxy) is 1. The Morgan fingerprint density at radius 3 is 2.29 bits per heavy atom. The van der Waals surface area contributed by atoms with E-state index in [2.05, 4.69) is 5.32 Å². The van der Waals surface area contributed by atoms with E-state index in [-0.39, 0.29) is 17.9 Å². The minimum atomic E-state index is -0.768. The van der Waals surface area contributed by atoms with Crippen LogP contribution in [0.15, 0.2) is 24.3 Å². The second-order valence-corrected chi connectivity index (χ2v) is 4.20. The molecular formula is C15H20N2O4. The maximum absolute atomic E-state index is 11.9. The molecule has 0 radical (unpaired) electrons. The van der Waals surface area contributed by atoms with Gasteiger partial charge in [-0.3, -0.25) is 9.59 Å². The van der Waals surface area contributed by atoms with Crippen molar-refractivity contribution in [3.63, 3.8) is 0 Å². The van der Waals surface area contributed by atoms with Crippen LogP contribution in [0.25, 0.3) is 0 Å². The van der Waals surface area contributed by atoms with Crippen molar-refractivity contribution >= 4 is 23.5 Å². The topological polar surface area (TPSA) is 75.7 Å². The molecule has 1 N–H and O–H groups in total. The average Bonchev–Trinajstić information content (AvgIpc) is 2.49. The lowest BCUT2D eigenvalue weighted by Gasteiger charge is -2.18. The zero-order chi connectivity index (χ0) is 15.8. The van der Waals surface area contributed by atoms with Crippen molar-refractivity contribution in [3.05, 3.63) is 29.8 Å². The first-order valence-corrected chi connectivity index (χ1v) is 6.91. The standard InChI is InChI=1S/C15H20N2O4/c1-4-17(5-2)14(19)13(18)16-12-10-8-7-9-11(12)15(20)21-6-3/h7-10H,4-6H2,1-3H3,(H,16,18). The number of amides is 2. The van der Waals surface area contributed by atoms with Crippen LogP contribution in [0, 0.1) is 0 Å². The fourth-order valence-corrected chi connectivity index (χ4v) is 1.81. The zero-order valence-corrected chi connectivity index (χ0v) is 12.5. The lowest BCUT2D eigenvalue weighted by molar-refractivity contribution is -0.142. The van der Waals surface area contributed by atoms with E-state index in [4.69, 9.17) is 4.74 Å². The minimum absolute atomic E-state index is 0.222. The molecule has 0 spiro atoms. The van der Waals surface area contributed by atoms with Gasteiger partial charge in [-0.05, 0) is 32.9 Å². The fraction of sp³-hybridized carbons (Fsp3) is 0.400. The van der Waals surface area contributed by atoms with Gasteiger partial charge < -0.3 is 15.0 Å². The van der Waals surface area contributed by atoms with Crippen molar-refractivity contribution in [2.24, 2.45) is 0 Å². The highest BCUT2D eigenvalue weighted by molar-refractivity contribution is 6.39. The van der Waals surface area contributed by atoms with Crippen LogP contribution in [-0.4, -0.2) is 42.4 Å². The molecule has 2 amide bonds. The normalized spacial score (nSPS) is 9.86. The van der Waals surface area contributed by atoms with Crippen LogP contribution >= 0.6 is 0 Å². The van der Waals surface area contributed by atoms with E-state index in [0.29, 0.717) is 13.1 Å². The summed E-state index contributed by atoms with van der Waals surface area (Å²) in [5.41, 5.74) is 0.488. The molecule has 0 fully saturated rings. The number of anilines is 1. The Labute approximate surface area is 124 Å². The van der Waals surface area contributed by atoms with Crippen molar-refractivity contribution in [2.75, 3.05) is 25.0 Å². The molecule has 0 saturated heterocycles. The van der Waals surface area contributed by atoms with Crippen molar-refractivity contribution in [2.45, 2.75) is 20.8 Å². The zero-order valence-electron chi connectivity index (χ0n) is 12.5. The Morgan fingerprint density at radius 1 is 1.10 bits per heavy atom. The molecule has 0 aliphatic heterocycles. The smallest absolute Gasteiger partial charge is 0.340 e. The third kappa shape index (κ3) is 4.30. The average molecular weight is 292 g/mol. The van der Waals surface area contributed by atoms with E-state index < -0.39 is 17.8 Å². The highest BCUT2D eigenvalue weighted by Gasteiger charge is 2.21. The molecule has 0 bridgehead atoms. The lowest BCUT2D eigenvalue weighted by atomic mass is 10.2.